The fourth-order valence-corrected chi connectivity index (χ4v) is 5.31. The maximum atomic E-state index is 12.7. The molecule has 0 spiro atoms. The van der Waals surface area contributed by atoms with Gasteiger partial charge in [-0.1, -0.05) is 12.1 Å². The van der Waals surface area contributed by atoms with Crippen LogP contribution >= 0.6 is 0 Å². The van der Waals surface area contributed by atoms with Crippen molar-refractivity contribution >= 4 is 39.0 Å². The molecule has 6 heterocycles. The Kier molecular flexibility index (Phi) is 4.29. The molecule has 0 radical (unpaired) electrons. The smallest absolute Gasteiger partial charge is 0.326 e. The van der Waals surface area contributed by atoms with Crippen molar-refractivity contribution in [3.8, 4) is 11.4 Å². The minimum atomic E-state index is -0.0450. The Hall–Kier alpha value is -4.47. The molecule has 1 aliphatic rings. The molecule has 0 saturated carbocycles. The average Bonchev–Trinajstić information content (AvgIpc) is 3.58. The number of aromatic amines is 2. The van der Waals surface area contributed by atoms with E-state index in [2.05, 4.69) is 35.9 Å². The van der Waals surface area contributed by atoms with Gasteiger partial charge in [0, 0.05) is 49.5 Å². The van der Waals surface area contributed by atoms with Gasteiger partial charge in [0.25, 0.3) is 0 Å². The SMILES string of the molecule is Cn1c(-c2cnc3[nH]ccc3c2)nc2c(N3CCC(n4c(=O)[nH]c5ccccc54)CC3)ncnc21. The maximum absolute atomic E-state index is 12.7. The molecule has 0 aliphatic carbocycles. The lowest BCUT2D eigenvalue weighted by Gasteiger charge is -2.33. The zero-order chi connectivity index (χ0) is 23.5. The van der Waals surface area contributed by atoms with Gasteiger partial charge >= 0.3 is 5.69 Å². The number of para-hydroxylation sites is 2. The summed E-state index contributed by atoms with van der Waals surface area (Å²) in [6.45, 7) is 1.57. The van der Waals surface area contributed by atoms with Crippen LogP contribution in [0.3, 0.4) is 0 Å². The number of aryl methyl sites for hydroxylation is 1. The number of nitrogens with one attached hydrogen (secondary N) is 2. The van der Waals surface area contributed by atoms with Crippen molar-refractivity contribution in [2.45, 2.75) is 18.9 Å². The second kappa shape index (κ2) is 7.52. The molecule has 1 aliphatic heterocycles. The Morgan fingerprint density at radius 3 is 2.80 bits per heavy atom. The van der Waals surface area contributed by atoms with E-state index in [1.54, 1.807) is 6.33 Å². The molecular formula is C25H23N9O. The van der Waals surface area contributed by atoms with Crippen LogP contribution in [0.4, 0.5) is 5.82 Å². The Morgan fingerprint density at radius 1 is 1.06 bits per heavy atom. The maximum Gasteiger partial charge on any atom is 0.326 e. The second-order valence-corrected chi connectivity index (χ2v) is 9.04. The number of imidazole rings is 2. The number of rotatable bonds is 3. The van der Waals surface area contributed by atoms with Gasteiger partial charge in [-0.25, -0.2) is 24.7 Å². The average molecular weight is 466 g/mol. The molecule has 0 bridgehead atoms. The van der Waals surface area contributed by atoms with Crippen LogP contribution in [-0.4, -0.2) is 52.1 Å². The van der Waals surface area contributed by atoms with Crippen LogP contribution in [0.15, 0.2) is 59.9 Å². The quantitative estimate of drug-likeness (QED) is 0.414. The number of H-pyrrole nitrogens is 2. The molecule has 6 aromatic rings. The summed E-state index contributed by atoms with van der Waals surface area (Å²) in [7, 11) is 1.97. The number of hydrogen-bond acceptors (Lipinski definition) is 6. The van der Waals surface area contributed by atoms with Gasteiger partial charge in [-0.2, -0.15) is 0 Å². The van der Waals surface area contributed by atoms with E-state index in [1.165, 1.54) is 0 Å². The third kappa shape index (κ3) is 3.06. The number of anilines is 1. The molecule has 174 valence electrons. The number of aromatic nitrogens is 8. The fourth-order valence-electron chi connectivity index (χ4n) is 5.31. The lowest BCUT2D eigenvalue weighted by molar-refractivity contribution is 0.395. The summed E-state index contributed by atoms with van der Waals surface area (Å²) in [5, 5.41) is 1.04. The van der Waals surface area contributed by atoms with Gasteiger partial charge in [0.15, 0.2) is 17.0 Å². The van der Waals surface area contributed by atoms with Gasteiger partial charge < -0.3 is 19.4 Å². The summed E-state index contributed by atoms with van der Waals surface area (Å²) >= 11 is 0. The molecule has 10 nitrogen and oxygen atoms in total. The van der Waals surface area contributed by atoms with Crippen molar-refractivity contribution in [1.29, 1.82) is 0 Å². The van der Waals surface area contributed by atoms with Crippen LogP contribution in [0, 0.1) is 0 Å². The lowest BCUT2D eigenvalue weighted by Crippen LogP contribution is -2.37. The summed E-state index contributed by atoms with van der Waals surface area (Å²) in [5.41, 5.74) is 5.15. The van der Waals surface area contributed by atoms with E-state index in [0.29, 0.717) is 0 Å². The summed E-state index contributed by atoms with van der Waals surface area (Å²) in [6.07, 6.45) is 7.01. The summed E-state index contributed by atoms with van der Waals surface area (Å²) in [6, 6.07) is 12.1. The highest BCUT2D eigenvalue weighted by Gasteiger charge is 2.26. The molecule has 0 atom stereocenters. The third-order valence-electron chi connectivity index (χ3n) is 7.05. The standard InChI is InChI=1S/C25H23N9O/c1-32-22(16-12-15-6-9-26-21(15)27-13-16)31-20-23(32)28-14-29-24(20)33-10-7-17(8-11-33)34-19-5-3-2-4-18(19)30-25(34)35/h2-6,9,12-14,17H,7-8,10-11H2,1H3,(H,26,27)(H,30,35). The van der Waals surface area contributed by atoms with Crippen LogP contribution in [0.2, 0.25) is 0 Å². The third-order valence-corrected chi connectivity index (χ3v) is 7.05. The zero-order valence-corrected chi connectivity index (χ0v) is 19.1. The summed E-state index contributed by atoms with van der Waals surface area (Å²) in [5.74, 6) is 1.63. The molecule has 35 heavy (non-hydrogen) atoms. The van der Waals surface area contributed by atoms with Crippen molar-refractivity contribution in [3.63, 3.8) is 0 Å². The van der Waals surface area contributed by atoms with Gasteiger partial charge in [-0.3, -0.25) is 4.57 Å². The Morgan fingerprint density at radius 2 is 1.91 bits per heavy atom. The van der Waals surface area contributed by atoms with Crippen LogP contribution in [0.25, 0.3) is 44.6 Å². The molecule has 10 heteroatoms. The van der Waals surface area contributed by atoms with E-state index in [4.69, 9.17) is 4.98 Å². The Labute approximate surface area is 199 Å². The van der Waals surface area contributed by atoms with Crippen molar-refractivity contribution in [3.05, 3.63) is 65.6 Å². The number of piperidine rings is 1. The van der Waals surface area contributed by atoms with Crippen molar-refractivity contribution in [2.75, 3.05) is 18.0 Å². The highest BCUT2D eigenvalue weighted by molar-refractivity contribution is 5.88. The van der Waals surface area contributed by atoms with E-state index in [-0.39, 0.29) is 11.7 Å². The van der Waals surface area contributed by atoms with Crippen LogP contribution < -0.4 is 10.6 Å². The van der Waals surface area contributed by atoms with Crippen LogP contribution in [-0.2, 0) is 7.05 Å². The van der Waals surface area contributed by atoms with Crippen LogP contribution in [0.1, 0.15) is 18.9 Å². The number of benzene rings is 1. The molecule has 2 N–H and O–H groups in total. The number of pyridine rings is 1. The summed E-state index contributed by atoms with van der Waals surface area (Å²) in [4.78, 5) is 39.6. The molecule has 7 rings (SSSR count). The van der Waals surface area contributed by atoms with Gasteiger partial charge in [0.05, 0.1) is 11.0 Å². The normalized spacial score (nSPS) is 15.1. The molecule has 0 amide bonds. The van der Waals surface area contributed by atoms with E-state index in [1.807, 2.05) is 58.9 Å². The van der Waals surface area contributed by atoms with E-state index in [0.717, 1.165) is 76.4 Å². The minimum Gasteiger partial charge on any atom is -0.355 e. The first-order valence-electron chi connectivity index (χ1n) is 11.7. The second-order valence-electron chi connectivity index (χ2n) is 9.04. The molecule has 1 fully saturated rings. The predicted molar refractivity (Wildman–Crippen MR) is 134 cm³/mol. The lowest BCUT2D eigenvalue weighted by atomic mass is 10.0. The zero-order valence-electron chi connectivity index (χ0n) is 19.1. The minimum absolute atomic E-state index is 0.0450. The molecule has 1 saturated heterocycles. The first-order valence-corrected chi connectivity index (χ1v) is 11.7. The van der Waals surface area contributed by atoms with Crippen molar-refractivity contribution in [2.24, 2.45) is 7.05 Å². The monoisotopic (exact) mass is 465 g/mol. The van der Waals surface area contributed by atoms with Gasteiger partial charge in [-0.05, 0) is 37.1 Å². The molecule has 5 aromatic heterocycles. The number of nitrogens with zero attached hydrogens (tertiary/aromatic N) is 7. The van der Waals surface area contributed by atoms with Crippen molar-refractivity contribution in [1.82, 2.24) is 39.0 Å². The Bertz CT molecular complexity index is 1760. The molecule has 0 unspecified atom stereocenters. The van der Waals surface area contributed by atoms with Crippen LogP contribution in [0.5, 0.6) is 0 Å². The topological polar surface area (TPSA) is 113 Å². The highest BCUT2D eigenvalue weighted by atomic mass is 16.1. The van der Waals surface area contributed by atoms with Gasteiger partial charge in [0.1, 0.15) is 17.8 Å². The largest absolute Gasteiger partial charge is 0.355 e. The van der Waals surface area contributed by atoms with Gasteiger partial charge in [-0.15, -0.1) is 0 Å². The highest BCUT2D eigenvalue weighted by Crippen LogP contribution is 2.32. The Balaban J connectivity index is 1.22. The first-order chi connectivity index (χ1) is 17.2. The molecule has 1 aromatic carbocycles. The van der Waals surface area contributed by atoms with Crippen molar-refractivity contribution < 1.29 is 0 Å². The number of hydrogen-bond donors (Lipinski definition) is 2. The molecular weight excluding hydrogens is 442 g/mol. The van der Waals surface area contributed by atoms with E-state index >= 15 is 0 Å². The summed E-state index contributed by atoms with van der Waals surface area (Å²) < 4.78 is 3.90. The predicted octanol–water partition coefficient (Wildman–Crippen LogP) is 3.39. The van der Waals surface area contributed by atoms with E-state index < -0.39 is 0 Å². The van der Waals surface area contributed by atoms with E-state index in [9.17, 15) is 4.79 Å². The number of fused-ring (bicyclic) bond motifs is 3. The first kappa shape index (κ1) is 20.0. The van der Waals surface area contributed by atoms with Gasteiger partial charge in [0.2, 0.25) is 0 Å². The fraction of sp³-hybridized carbons (Fsp3) is 0.240.